The molecule has 9 heteroatoms. The maximum atomic E-state index is 14.0. The molecular weight excluding hydrogens is 526 g/mol. The smallest absolute Gasteiger partial charge is 0.264 e. The number of hydrogen-bond acceptors (Lipinski definition) is 5. The summed E-state index contributed by atoms with van der Waals surface area (Å²) in [5.41, 5.74) is 2.16. The Balaban J connectivity index is 2.03. The van der Waals surface area contributed by atoms with Gasteiger partial charge in [-0.1, -0.05) is 60.2 Å². The lowest BCUT2D eigenvalue weighted by Crippen LogP contribution is -2.53. The number of anilines is 1. The van der Waals surface area contributed by atoms with E-state index in [1.54, 1.807) is 50.2 Å². The molecule has 40 heavy (non-hydrogen) atoms. The fourth-order valence-corrected chi connectivity index (χ4v) is 5.69. The fraction of sp³-hybridized carbons (Fsp3) is 0.355. The van der Waals surface area contributed by atoms with Crippen LogP contribution in [0.4, 0.5) is 5.69 Å². The van der Waals surface area contributed by atoms with E-state index in [9.17, 15) is 18.0 Å². The Morgan fingerprint density at radius 3 is 2.15 bits per heavy atom. The minimum absolute atomic E-state index is 0.0543. The molecule has 8 nitrogen and oxygen atoms in total. The lowest BCUT2D eigenvalue weighted by atomic mass is 10.1. The van der Waals surface area contributed by atoms with Gasteiger partial charge in [-0.25, -0.2) is 8.42 Å². The zero-order valence-corrected chi connectivity index (χ0v) is 24.6. The van der Waals surface area contributed by atoms with Crippen LogP contribution in [-0.2, 0) is 26.0 Å². The van der Waals surface area contributed by atoms with Crippen LogP contribution in [0.15, 0.2) is 83.8 Å². The van der Waals surface area contributed by atoms with Crippen LogP contribution >= 0.6 is 0 Å². The summed E-state index contributed by atoms with van der Waals surface area (Å²) in [6.07, 6.45) is 0.506. The summed E-state index contributed by atoms with van der Waals surface area (Å²) in [5.74, 6) is -0.460. The summed E-state index contributed by atoms with van der Waals surface area (Å²) in [6.45, 7) is 9.09. The van der Waals surface area contributed by atoms with Gasteiger partial charge in [0, 0.05) is 12.6 Å². The maximum Gasteiger partial charge on any atom is 0.264 e. The highest BCUT2D eigenvalue weighted by Gasteiger charge is 2.33. The van der Waals surface area contributed by atoms with E-state index in [1.807, 2.05) is 51.1 Å². The van der Waals surface area contributed by atoms with Crippen molar-refractivity contribution in [3.8, 4) is 5.75 Å². The zero-order valence-electron chi connectivity index (χ0n) is 23.8. The average Bonchev–Trinajstić information content (AvgIpc) is 2.92. The first-order valence-corrected chi connectivity index (χ1v) is 14.9. The molecule has 0 saturated carbocycles. The summed E-state index contributed by atoms with van der Waals surface area (Å²) in [6, 6.07) is 21.9. The van der Waals surface area contributed by atoms with Crippen molar-refractivity contribution >= 4 is 27.5 Å². The van der Waals surface area contributed by atoms with Gasteiger partial charge in [0.25, 0.3) is 10.0 Å². The molecule has 214 valence electrons. The second-order valence-electron chi connectivity index (χ2n) is 9.89. The molecule has 0 unspecified atom stereocenters. The SMILES string of the molecule is CCOc1ccccc1N(CC(=O)N(CCc1ccccc1)[C@H](C)C(=O)NC(C)C)S(=O)(=O)c1ccc(C)cc1. The monoisotopic (exact) mass is 565 g/mol. The van der Waals surface area contributed by atoms with E-state index in [-0.39, 0.29) is 29.1 Å². The number of hydrogen-bond donors (Lipinski definition) is 1. The van der Waals surface area contributed by atoms with E-state index in [1.165, 1.54) is 17.0 Å². The van der Waals surface area contributed by atoms with E-state index in [0.717, 1.165) is 15.4 Å². The van der Waals surface area contributed by atoms with Crippen LogP contribution in [0.25, 0.3) is 0 Å². The van der Waals surface area contributed by atoms with Crippen LogP contribution in [0.5, 0.6) is 5.75 Å². The Kier molecular flexibility index (Phi) is 10.7. The standard InChI is InChI=1S/C31H39N3O5S/c1-6-39-29-15-11-10-14-28(29)34(40(37,38)27-18-16-24(4)17-19-27)22-30(35)33(25(5)31(36)32-23(2)3)21-20-26-12-8-7-9-13-26/h7-19,23,25H,6,20-22H2,1-5H3,(H,32,36)/t25-/m1/s1. The third-order valence-electron chi connectivity index (χ3n) is 6.40. The number of para-hydroxylation sites is 2. The van der Waals surface area contributed by atoms with Crippen molar-refractivity contribution in [2.75, 3.05) is 24.0 Å². The minimum Gasteiger partial charge on any atom is -0.492 e. The largest absolute Gasteiger partial charge is 0.492 e. The molecule has 3 aromatic carbocycles. The molecule has 0 bridgehead atoms. The van der Waals surface area contributed by atoms with E-state index in [4.69, 9.17) is 4.74 Å². The molecule has 3 rings (SSSR count). The number of aryl methyl sites for hydroxylation is 1. The second-order valence-corrected chi connectivity index (χ2v) is 11.7. The molecule has 1 atom stereocenters. The molecule has 0 aliphatic carbocycles. The predicted octanol–water partition coefficient (Wildman–Crippen LogP) is 4.57. The number of carbonyl (C=O) groups is 2. The van der Waals surface area contributed by atoms with Gasteiger partial charge in [-0.15, -0.1) is 0 Å². The zero-order chi connectivity index (χ0) is 29.3. The number of ether oxygens (including phenoxy) is 1. The van der Waals surface area contributed by atoms with Crippen LogP contribution in [0, 0.1) is 6.92 Å². The Morgan fingerprint density at radius 1 is 0.900 bits per heavy atom. The quantitative estimate of drug-likeness (QED) is 0.328. The Morgan fingerprint density at radius 2 is 1.52 bits per heavy atom. The summed E-state index contributed by atoms with van der Waals surface area (Å²) < 4.78 is 34.8. The van der Waals surface area contributed by atoms with Crippen LogP contribution < -0.4 is 14.4 Å². The highest BCUT2D eigenvalue weighted by atomic mass is 32.2. The molecule has 2 amide bonds. The number of benzene rings is 3. The summed E-state index contributed by atoms with van der Waals surface area (Å²) in [4.78, 5) is 28.5. The van der Waals surface area contributed by atoms with Gasteiger partial charge in [0.05, 0.1) is 17.2 Å². The molecule has 0 radical (unpaired) electrons. The van der Waals surface area contributed by atoms with E-state index >= 15 is 0 Å². The van der Waals surface area contributed by atoms with Crippen molar-refractivity contribution in [2.24, 2.45) is 0 Å². The van der Waals surface area contributed by atoms with Gasteiger partial charge in [0.2, 0.25) is 11.8 Å². The number of rotatable bonds is 13. The van der Waals surface area contributed by atoms with Gasteiger partial charge < -0.3 is 15.0 Å². The number of nitrogens with one attached hydrogen (secondary N) is 1. The van der Waals surface area contributed by atoms with Gasteiger partial charge >= 0.3 is 0 Å². The molecule has 0 fully saturated rings. The lowest BCUT2D eigenvalue weighted by Gasteiger charge is -2.32. The minimum atomic E-state index is -4.17. The average molecular weight is 566 g/mol. The molecule has 3 aromatic rings. The summed E-state index contributed by atoms with van der Waals surface area (Å²) >= 11 is 0. The molecular formula is C31H39N3O5S. The Bertz CT molecular complexity index is 1380. The molecule has 1 N–H and O–H groups in total. The van der Waals surface area contributed by atoms with Gasteiger partial charge in [-0.05, 0) is 70.9 Å². The third-order valence-corrected chi connectivity index (χ3v) is 8.18. The van der Waals surface area contributed by atoms with Gasteiger partial charge in [-0.2, -0.15) is 0 Å². The number of nitrogens with zero attached hydrogens (tertiary/aromatic N) is 2. The van der Waals surface area contributed by atoms with E-state index in [2.05, 4.69) is 5.32 Å². The summed E-state index contributed by atoms with van der Waals surface area (Å²) in [7, 11) is -4.17. The van der Waals surface area contributed by atoms with Crippen molar-refractivity contribution in [2.45, 2.75) is 58.0 Å². The van der Waals surface area contributed by atoms with E-state index < -0.39 is 28.5 Å². The summed E-state index contributed by atoms with van der Waals surface area (Å²) in [5, 5.41) is 2.86. The van der Waals surface area contributed by atoms with Crippen molar-refractivity contribution in [1.82, 2.24) is 10.2 Å². The van der Waals surface area contributed by atoms with E-state index in [0.29, 0.717) is 18.8 Å². The van der Waals surface area contributed by atoms with Crippen LogP contribution in [0.2, 0.25) is 0 Å². The Hall–Kier alpha value is -3.85. The molecule has 0 saturated heterocycles. The van der Waals surface area contributed by atoms with Gasteiger partial charge in [0.15, 0.2) is 0 Å². The lowest BCUT2D eigenvalue weighted by molar-refractivity contribution is -0.139. The molecule has 0 heterocycles. The number of sulfonamides is 1. The van der Waals surface area contributed by atoms with Crippen LogP contribution in [0.3, 0.4) is 0 Å². The molecule has 0 aliphatic rings. The van der Waals surface area contributed by atoms with Gasteiger partial charge in [-0.3, -0.25) is 13.9 Å². The van der Waals surface area contributed by atoms with Crippen LogP contribution in [0.1, 0.15) is 38.8 Å². The topological polar surface area (TPSA) is 96.0 Å². The first-order valence-electron chi connectivity index (χ1n) is 13.5. The highest BCUT2D eigenvalue weighted by Crippen LogP contribution is 2.33. The second kappa shape index (κ2) is 14.0. The van der Waals surface area contributed by atoms with Crippen molar-refractivity contribution < 1.29 is 22.7 Å². The predicted molar refractivity (Wildman–Crippen MR) is 158 cm³/mol. The fourth-order valence-electron chi connectivity index (χ4n) is 4.27. The van der Waals surface area contributed by atoms with Crippen LogP contribution in [-0.4, -0.2) is 56.9 Å². The van der Waals surface area contributed by atoms with Crippen molar-refractivity contribution in [3.05, 3.63) is 90.0 Å². The highest BCUT2D eigenvalue weighted by molar-refractivity contribution is 7.92. The van der Waals surface area contributed by atoms with Crippen molar-refractivity contribution in [1.29, 1.82) is 0 Å². The number of amides is 2. The maximum absolute atomic E-state index is 14.0. The van der Waals surface area contributed by atoms with Crippen molar-refractivity contribution in [3.63, 3.8) is 0 Å². The third kappa shape index (κ3) is 7.85. The normalized spacial score (nSPS) is 12.1. The molecule has 0 aliphatic heterocycles. The first kappa shape index (κ1) is 30.7. The molecule has 0 aromatic heterocycles. The Labute approximate surface area is 238 Å². The van der Waals surface area contributed by atoms with Gasteiger partial charge in [0.1, 0.15) is 18.3 Å². The first-order chi connectivity index (χ1) is 19.0. The number of carbonyl (C=O) groups excluding carboxylic acids is 2. The molecule has 0 spiro atoms.